The third-order valence-corrected chi connectivity index (χ3v) is 10.1. The quantitative estimate of drug-likeness (QED) is 0.432. The molecule has 1 aromatic carbocycles. The number of aromatic nitrogens is 2. The summed E-state index contributed by atoms with van der Waals surface area (Å²) in [7, 11) is -1.49. The number of rotatable bonds is 6. The fraction of sp³-hybridized carbons (Fsp3) is 0.444. The van der Waals surface area contributed by atoms with Crippen LogP contribution in [0.5, 0.6) is 0 Å². The topological polar surface area (TPSA) is 90.5 Å². The summed E-state index contributed by atoms with van der Waals surface area (Å²) in [6.45, 7) is 6.02. The second kappa shape index (κ2) is 10.7. The Balaban J connectivity index is 1.35. The smallest absolute Gasteiger partial charge is 0.369 e. The van der Waals surface area contributed by atoms with Gasteiger partial charge in [0, 0.05) is 62.1 Å². The first-order valence-electron chi connectivity index (χ1n) is 13.4. The molecular formula is C27H29F3N6O2S2. The van der Waals surface area contributed by atoms with E-state index in [1.807, 2.05) is 19.1 Å². The summed E-state index contributed by atoms with van der Waals surface area (Å²) in [4.78, 5) is 26.2. The molecule has 1 saturated carbocycles. The summed E-state index contributed by atoms with van der Waals surface area (Å²) in [6, 6.07) is 7.53. The second-order valence-electron chi connectivity index (χ2n) is 10.1. The van der Waals surface area contributed by atoms with Crippen molar-refractivity contribution in [3.05, 3.63) is 46.5 Å². The summed E-state index contributed by atoms with van der Waals surface area (Å²) >= 11 is 0.920. The van der Waals surface area contributed by atoms with Gasteiger partial charge in [0.05, 0.1) is 26.3 Å². The minimum Gasteiger partial charge on any atom is -0.369 e. The molecule has 0 radical (unpaired) electrons. The van der Waals surface area contributed by atoms with E-state index in [4.69, 9.17) is 0 Å². The highest BCUT2D eigenvalue weighted by Gasteiger charge is 2.40. The summed E-state index contributed by atoms with van der Waals surface area (Å²) in [5, 5.41) is 6.45. The molecule has 1 unspecified atom stereocenters. The average molecular weight is 591 g/mol. The lowest BCUT2D eigenvalue weighted by Gasteiger charge is -2.30. The van der Waals surface area contributed by atoms with Crippen LogP contribution in [0.3, 0.4) is 0 Å². The van der Waals surface area contributed by atoms with Gasteiger partial charge < -0.3 is 20.4 Å². The SMILES string of the molecule is CCc1cc(N2CCNCC2)ccc1Nc1ncc(C(F)(F)F)c(-c2cc3c(s2)C(=O)N(C2CC2)CCS3=O)n1. The van der Waals surface area contributed by atoms with Gasteiger partial charge in [-0.1, -0.05) is 6.92 Å². The molecule has 1 amide bonds. The van der Waals surface area contributed by atoms with Gasteiger partial charge in [-0.15, -0.1) is 11.3 Å². The Hall–Kier alpha value is -3.03. The largest absolute Gasteiger partial charge is 0.420 e. The molecule has 2 fully saturated rings. The molecule has 4 heterocycles. The maximum atomic E-state index is 14.1. The summed E-state index contributed by atoms with van der Waals surface area (Å²) in [5.41, 5.74) is 1.46. The van der Waals surface area contributed by atoms with Gasteiger partial charge in [0.25, 0.3) is 5.91 Å². The number of amides is 1. The Morgan fingerprint density at radius 1 is 1.18 bits per heavy atom. The highest BCUT2D eigenvalue weighted by Crippen LogP contribution is 2.42. The van der Waals surface area contributed by atoms with Gasteiger partial charge in [0.2, 0.25) is 5.95 Å². The summed E-state index contributed by atoms with van der Waals surface area (Å²) in [5.74, 6) is 0.0127. The minimum atomic E-state index is -4.71. The maximum absolute atomic E-state index is 14.1. The zero-order valence-corrected chi connectivity index (χ0v) is 23.5. The number of nitrogens with zero attached hydrogens (tertiary/aromatic N) is 4. The van der Waals surface area contributed by atoms with E-state index in [9.17, 15) is 22.2 Å². The van der Waals surface area contributed by atoms with Crippen LogP contribution in [-0.2, 0) is 23.4 Å². The molecule has 40 heavy (non-hydrogen) atoms. The zero-order valence-electron chi connectivity index (χ0n) is 21.9. The Morgan fingerprint density at radius 3 is 2.65 bits per heavy atom. The fourth-order valence-corrected chi connectivity index (χ4v) is 7.76. The number of hydrogen-bond donors (Lipinski definition) is 2. The molecule has 8 nitrogen and oxygen atoms in total. The molecule has 212 valence electrons. The number of anilines is 3. The second-order valence-corrected chi connectivity index (χ2v) is 12.7. The molecule has 1 saturated heterocycles. The first-order chi connectivity index (χ1) is 19.2. The normalized spacial score (nSPS) is 19.9. The van der Waals surface area contributed by atoms with Crippen molar-refractivity contribution in [1.82, 2.24) is 20.2 Å². The van der Waals surface area contributed by atoms with Gasteiger partial charge in [0.1, 0.15) is 10.4 Å². The van der Waals surface area contributed by atoms with E-state index in [0.717, 1.165) is 67.8 Å². The van der Waals surface area contributed by atoms with Crippen molar-refractivity contribution in [2.24, 2.45) is 0 Å². The van der Waals surface area contributed by atoms with Crippen LogP contribution in [0.1, 0.15) is 40.6 Å². The lowest BCUT2D eigenvalue weighted by molar-refractivity contribution is -0.137. The molecule has 13 heteroatoms. The van der Waals surface area contributed by atoms with Gasteiger partial charge in [-0.3, -0.25) is 9.00 Å². The molecule has 3 aliphatic rings. The number of fused-ring (bicyclic) bond motifs is 1. The van der Waals surface area contributed by atoms with Crippen molar-refractivity contribution < 1.29 is 22.2 Å². The highest BCUT2D eigenvalue weighted by molar-refractivity contribution is 7.85. The van der Waals surface area contributed by atoms with Crippen LogP contribution >= 0.6 is 11.3 Å². The van der Waals surface area contributed by atoms with E-state index in [0.29, 0.717) is 18.7 Å². The standard InChI is InChI=1S/C27H29F3N6O2S2/c1-2-16-13-18(35-9-7-31-8-10-35)5-6-20(16)33-26-32-15-19(27(28,29)30)23(34-26)21-14-22-24(39-21)25(37)36(17-3-4-17)11-12-40(22)38/h5-6,13-15,17,31H,2-4,7-12H2,1H3,(H,32,33,34). The average Bonchev–Trinajstić information content (AvgIpc) is 3.70. The number of hydrogen-bond acceptors (Lipinski definition) is 8. The number of halogens is 3. The van der Waals surface area contributed by atoms with Crippen LogP contribution in [0.4, 0.5) is 30.5 Å². The highest BCUT2D eigenvalue weighted by atomic mass is 32.2. The molecule has 2 aromatic heterocycles. The Labute approximate surface area is 236 Å². The molecule has 6 rings (SSSR count). The van der Waals surface area contributed by atoms with Gasteiger partial charge >= 0.3 is 6.18 Å². The van der Waals surface area contributed by atoms with Crippen molar-refractivity contribution in [3.8, 4) is 10.6 Å². The summed E-state index contributed by atoms with van der Waals surface area (Å²) in [6.07, 6.45) is -1.45. The molecule has 2 aliphatic heterocycles. The number of nitrogens with one attached hydrogen (secondary N) is 2. The van der Waals surface area contributed by atoms with E-state index in [1.54, 1.807) is 4.90 Å². The van der Waals surface area contributed by atoms with E-state index in [-0.39, 0.29) is 44.0 Å². The van der Waals surface area contributed by atoms with Crippen molar-refractivity contribution in [2.45, 2.75) is 43.3 Å². The number of alkyl halides is 3. The molecule has 0 bridgehead atoms. The van der Waals surface area contributed by atoms with Crippen molar-refractivity contribution in [3.63, 3.8) is 0 Å². The molecule has 1 atom stereocenters. The van der Waals surface area contributed by atoms with Crippen LogP contribution in [0.25, 0.3) is 10.6 Å². The fourth-order valence-electron chi connectivity index (χ4n) is 5.14. The monoisotopic (exact) mass is 590 g/mol. The molecule has 2 N–H and O–H groups in total. The predicted octanol–water partition coefficient (Wildman–Crippen LogP) is 4.67. The number of carbonyl (C=O) groups excluding carboxylic acids is 1. The minimum absolute atomic E-state index is 0.0169. The van der Waals surface area contributed by atoms with Gasteiger partial charge in [0.15, 0.2) is 0 Å². The third-order valence-electron chi connectivity index (χ3n) is 7.43. The lowest BCUT2D eigenvalue weighted by atomic mass is 10.1. The van der Waals surface area contributed by atoms with E-state index >= 15 is 0 Å². The van der Waals surface area contributed by atoms with Crippen LogP contribution in [0.2, 0.25) is 0 Å². The van der Waals surface area contributed by atoms with Gasteiger partial charge in [-0.2, -0.15) is 13.2 Å². The van der Waals surface area contributed by atoms with Crippen molar-refractivity contribution >= 4 is 45.4 Å². The number of aryl methyl sites for hydroxylation is 1. The molecule has 1 aliphatic carbocycles. The number of benzene rings is 1. The third kappa shape index (κ3) is 5.34. The van der Waals surface area contributed by atoms with Gasteiger partial charge in [-0.05, 0) is 49.1 Å². The Kier molecular flexibility index (Phi) is 7.30. The first-order valence-corrected chi connectivity index (χ1v) is 15.5. The Bertz CT molecular complexity index is 1470. The molecule has 0 spiro atoms. The maximum Gasteiger partial charge on any atom is 0.420 e. The predicted molar refractivity (Wildman–Crippen MR) is 150 cm³/mol. The van der Waals surface area contributed by atoms with Gasteiger partial charge in [-0.25, -0.2) is 9.97 Å². The Morgan fingerprint density at radius 2 is 1.95 bits per heavy atom. The van der Waals surface area contributed by atoms with E-state index in [2.05, 4.69) is 31.6 Å². The first kappa shape index (κ1) is 27.2. The van der Waals surface area contributed by atoms with Crippen LogP contribution in [0, 0.1) is 0 Å². The number of carbonyl (C=O) groups is 1. The molecule has 3 aromatic rings. The van der Waals surface area contributed by atoms with E-state index in [1.165, 1.54) is 6.07 Å². The zero-order chi connectivity index (χ0) is 28.0. The number of thiophene rings is 1. The molecular weight excluding hydrogens is 561 g/mol. The van der Waals surface area contributed by atoms with Crippen molar-refractivity contribution in [1.29, 1.82) is 0 Å². The van der Waals surface area contributed by atoms with Crippen LogP contribution < -0.4 is 15.5 Å². The van der Waals surface area contributed by atoms with Crippen LogP contribution in [-0.4, -0.2) is 69.5 Å². The van der Waals surface area contributed by atoms with E-state index < -0.39 is 22.5 Å². The van der Waals surface area contributed by atoms with Crippen LogP contribution in [0.15, 0.2) is 35.4 Å². The van der Waals surface area contributed by atoms with Crippen molar-refractivity contribution in [2.75, 3.05) is 48.7 Å². The number of piperazine rings is 1. The lowest BCUT2D eigenvalue weighted by Crippen LogP contribution is -2.43. The summed E-state index contributed by atoms with van der Waals surface area (Å²) < 4.78 is 55.2.